The van der Waals surface area contributed by atoms with Gasteiger partial charge in [-0.3, -0.25) is 4.90 Å². The smallest absolute Gasteiger partial charge is 0.111 e. The van der Waals surface area contributed by atoms with Crippen LogP contribution >= 0.6 is 0 Å². The van der Waals surface area contributed by atoms with Crippen LogP contribution in [0.1, 0.15) is 30.7 Å². The second-order valence-corrected chi connectivity index (χ2v) is 5.88. The molecule has 1 saturated heterocycles. The Morgan fingerprint density at radius 2 is 2.15 bits per heavy atom. The third kappa shape index (κ3) is 1.82. The monoisotopic (exact) mass is 266 g/mol. The Kier molecular flexibility index (Phi) is 2.75. The fourth-order valence-corrected chi connectivity index (χ4v) is 3.68. The quantitative estimate of drug-likeness (QED) is 0.735. The molecule has 1 atom stereocenters. The molecule has 1 aromatic carbocycles. The van der Waals surface area contributed by atoms with E-state index in [1.54, 1.807) is 0 Å². The molecule has 0 bridgehead atoms. The Balaban J connectivity index is 1.77. The molecule has 4 nitrogen and oxygen atoms in total. The van der Waals surface area contributed by atoms with Gasteiger partial charge in [0.2, 0.25) is 0 Å². The SMILES string of the molecule is N#Cc1ccc2c(c1)nc1n2CCN2CCCCC2C1. The molecule has 2 aliphatic rings. The Morgan fingerprint density at radius 3 is 3.05 bits per heavy atom. The van der Waals surface area contributed by atoms with Crippen LogP contribution in [0, 0.1) is 11.3 Å². The maximum absolute atomic E-state index is 9.01. The van der Waals surface area contributed by atoms with E-state index >= 15 is 0 Å². The molecule has 1 unspecified atom stereocenters. The van der Waals surface area contributed by atoms with E-state index in [1.807, 2.05) is 12.1 Å². The number of fused-ring (bicyclic) bond motifs is 4. The summed E-state index contributed by atoms with van der Waals surface area (Å²) in [4.78, 5) is 7.43. The minimum Gasteiger partial charge on any atom is -0.327 e. The maximum Gasteiger partial charge on any atom is 0.111 e. The number of hydrogen-bond donors (Lipinski definition) is 0. The molecule has 20 heavy (non-hydrogen) atoms. The van der Waals surface area contributed by atoms with Crippen LogP contribution in [0.15, 0.2) is 18.2 Å². The predicted molar refractivity (Wildman–Crippen MR) is 77.4 cm³/mol. The summed E-state index contributed by atoms with van der Waals surface area (Å²) in [6, 6.07) is 8.72. The van der Waals surface area contributed by atoms with Gasteiger partial charge in [-0.15, -0.1) is 0 Å². The van der Waals surface area contributed by atoms with Crippen LogP contribution in [0.3, 0.4) is 0 Å². The van der Waals surface area contributed by atoms with E-state index in [0.717, 1.165) is 25.0 Å². The Labute approximate surface area is 118 Å². The van der Waals surface area contributed by atoms with Crippen molar-refractivity contribution in [3.63, 3.8) is 0 Å². The summed E-state index contributed by atoms with van der Waals surface area (Å²) in [7, 11) is 0. The van der Waals surface area contributed by atoms with Crippen molar-refractivity contribution in [2.75, 3.05) is 13.1 Å². The van der Waals surface area contributed by atoms with Crippen LogP contribution in [0.25, 0.3) is 11.0 Å². The van der Waals surface area contributed by atoms with E-state index in [2.05, 4.69) is 21.6 Å². The number of piperidine rings is 1. The van der Waals surface area contributed by atoms with Gasteiger partial charge in [-0.2, -0.15) is 5.26 Å². The third-order valence-corrected chi connectivity index (χ3v) is 4.73. The number of nitrogens with zero attached hydrogens (tertiary/aromatic N) is 4. The number of rotatable bonds is 0. The van der Waals surface area contributed by atoms with Crippen molar-refractivity contribution >= 4 is 11.0 Å². The molecule has 0 amide bonds. The van der Waals surface area contributed by atoms with Gasteiger partial charge in [-0.1, -0.05) is 6.42 Å². The first-order chi connectivity index (χ1) is 9.85. The first-order valence-corrected chi connectivity index (χ1v) is 7.48. The molecule has 0 spiro atoms. The first-order valence-electron chi connectivity index (χ1n) is 7.48. The Hall–Kier alpha value is -1.86. The van der Waals surface area contributed by atoms with Gasteiger partial charge >= 0.3 is 0 Å². The van der Waals surface area contributed by atoms with Gasteiger partial charge in [-0.25, -0.2) is 4.98 Å². The summed E-state index contributed by atoms with van der Waals surface area (Å²) >= 11 is 0. The van der Waals surface area contributed by atoms with Crippen molar-refractivity contribution in [3.05, 3.63) is 29.6 Å². The van der Waals surface area contributed by atoms with Crippen molar-refractivity contribution in [2.45, 2.75) is 38.3 Å². The second-order valence-electron chi connectivity index (χ2n) is 5.88. The summed E-state index contributed by atoms with van der Waals surface area (Å²) in [5.74, 6) is 1.20. The molecule has 4 heteroatoms. The molecule has 0 saturated carbocycles. The minimum atomic E-state index is 0.664. The van der Waals surface area contributed by atoms with Gasteiger partial charge in [0.15, 0.2) is 0 Å². The molecule has 102 valence electrons. The number of nitriles is 1. The predicted octanol–water partition coefficient (Wildman–Crippen LogP) is 2.32. The van der Waals surface area contributed by atoms with Crippen molar-refractivity contribution in [3.8, 4) is 6.07 Å². The standard InChI is InChI=1S/C16H18N4/c17-11-12-4-5-15-14(9-12)18-16-10-13-3-1-2-6-19(13)7-8-20(15)16/h4-5,9,13H,1-3,6-8,10H2. The summed E-state index contributed by atoms with van der Waals surface area (Å²) in [5.41, 5.74) is 2.85. The maximum atomic E-state index is 9.01. The summed E-state index contributed by atoms with van der Waals surface area (Å²) in [6.07, 6.45) is 5.04. The molecule has 0 N–H and O–H groups in total. The van der Waals surface area contributed by atoms with Crippen LogP contribution in [0.5, 0.6) is 0 Å². The van der Waals surface area contributed by atoms with Crippen LogP contribution in [-0.4, -0.2) is 33.6 Å². The lowest BCUT2D eigenvalue weighted by molar-refractivity contribution is 0.152. The fourth-order valence-electron chi connectivity index (χ4n) is 3.68. The molecule has 3 heterocycles. The number of hydrogen-bond acceptors (Lipinski definition) is 3. The van der Waals surface area contributed by atoms with Crippen molar-refractivity contribution < 1.29 is 0 Å². The van der Waals surface area contributed by atoms with Gasteiger partial charge in [0, 0.05) is 25.6 Å². The Morgan fingerprint density at radius 1 is 1.20 bits per heavy atom. The van der Waals surface area contributed by atoms with E-state index in [1.165, 1.54) is 37.1 Å². The van der Waals surface area contributed by atoms with Crippen LogP contribution in [0.4, 0.5) is 0 Å². The minimum absolute atomic E-state index is 0.664. The zero-order valence-electron chi connectivity index (χ0n) is 11.5. The van der Waals surface area contributed by atoms with Gasteiger partial charge in [-0.05, 0) is 37.6 Å². The molecular weight excluding hydrogens is 248 g/mol. The molecule has 2 aromatic rings. The lowest BCUT2D eigenvalue weighted by Crippen LogP contribution is -2.40. The van der Waals surface area contributed by atoms with Crippen molar-refractivity contribution in [1.29, 1.82) is 5.26 Å². The lowest BCUT2D eigenvalue weighted by atomic mass is 10.00. The summed E-state index contributed by atoms with van der Waals surface area (Å²) < 4.78 is 2.36. The number of aromatic nitrogens is 2. The lowest BCUT2D eigenvalue weighted by Gasteiger charge is -2.33. The normalized spacial score (nSPS) is 22.9. The molecule has 0 aliphatic carbocycles. The van der Waals surface area contributed by atoms with Crippen molar-refractivity contribution in [1.82, 2.24) is 14.5 Å². The van der Waals surface area contributed by atoms with Crippen molar-refractivity contribution in [2.24, 2.45) is 0 Å². The average Bonchev–Trinajstić information content (AvgIpc) is 2.71. The number of benzene rings is 1. The van der Waals surface area contributed by atoms with Gasteiger partial charge in [0.25, 0.3) is 0 Å². The van der Waals surface area contributed by atoms with E-state index in [-0.39, 0.29) is 0 Å². The van der Waals surface area contributed by atoms with E-state index < -0.39 is 0 Å². The third-order valence-electron chi connectivity index (χ3n) is 4.73. The molecule has 2 aliphatic heterocycles. The van der Waals surface area contributed by atoms with E-state index in [0.29, 0.717) is 11.6 Å². The van der Waals surface area contributed by atoms with E-state index in [4.69, 9.17) is 10.2 Å². The van der Waals surface area contributed by atoms with Crippen LogP contribution in [-0.2, 0) is 13.0 Å². The summed E-state index contributed by atoms with van der Waals surface area (Å²) in [5, 5.41) is 9.01. The largest absolute Gasteiger partial charge is 0.327 e. The number of imidazole rings is 1. The highest BCUT2D eigenvalue weighted by atomic mass is 15.2. The topological polar surface area (TPSA) is 44.9 Å². The van der Waals surface area contributed by atoms with Crippen LogP contribution in [0.2, 0.25) is 0 Å². The molecule has 1 fully saturated rings. The summed E-state index contributed by atoms with van der Waals surface area (Å²) in [6.45, 7) is 3.39. The Bertz CT molecular complexity index is 694. The molecule has 1 aromatic heterocycles. The van der Waals surface area contributed by atoms with Crippen LogP contribution < -0.4 is 0 Å². The highest BCUT2D eigenvalue weighted by molar-refractivity contribution is 5.77. The zero-order valence-corrected chi connectivity index (χ0v) is 11.5. The fraction of sp³-hybridized carbons (Fsp3) is 0.500. The molecule has 4 rings (SSSR count). The highest BCUT2D eigenvalue weighted by Gasteiger charge is 2.27. The van der Waals surface area contributed by atoms with Gasteiger partial charge in [0.05, 0.1) is 22.7 Å². The average molecular weight is 266 g/mol. The molecule has 0 radical (unpaired) electrons. The van der Waals surface area contributed by atoms with Gasteiger partial charge < -0.3 is 4.57 Å². The molecular formula is C16H18N4. The van der Waals surface area contributed by atoms with E-state index in [9.17, 15) is 0 Å². The first kappa shape index (κ1) is 11.9. The zero-order chi connectivity index (χ0) is 13.5. The van der Waals surface area contributed by atoms with Gasteiger partial charge in [0.1, 0.15) is 5.82 Å². The second kappa shape index (κ2) is 4.60. The highest BCUT2D eigenvalue weighted by Crippen LogP contribution is 2.26.